The van der Waals surface area contributed by atoms with Gasteiger partial charge < -0.3 is 39.4 Å². The van der Waals surface area contributed by atoms with E-state index in [1.165, 1.54) is 122 Å². The first-order valence-corrected chi connectivity index (χ1v) is 27.0. The van der Waals surface area contributed by atoms with Crippen molar-refractivity contribution in [2.24, 2.45) is 0 Å². The largest absolute Gasteiger partial charge is 0.457 e. The van der Waals surface area contributed by atoms with Gasteiger partial charge in [-0.05, 0) is 89.9 Å². The van der Waals surface area contributed by atoms with Crippen LogP contribution in [0.5, 0.6) is 0 Å². The third-order valence-electron chi connectivity index (χ3n) is 12.1. The van der Waals surface area contributed by atoms with Crippen LogP contribution in [0.2, 0.25) is 0 Å². The second-order valence-corrected chi connectivity index (χ2v) is 18.3. The molecule has 6 atom stereocenters. The fraction of sp³-hybridized carbons (Fsp3) is 0.772. The molecule has 0 bridgehead atoms. The number of aliphatic hydroxyl groups is 4. The van der Waals surface area contributed by atoms with Crippen molar-refractivity contribution in [1.29, 1.82) is 0 Å². The number of unbranched alkanes of at least 4 members (excludes halogenated alkanes) is 23. The molecule has 0 radical (unpaired) electrons. The van der Waals surface area contributed by atoms with Crippen LogP contribution in [0.15, 0.2) is 72.9 Å². The Labute approximate surface area is 404 Å². The minimum Gasteiger partial charge on any atom is -0.457 e. The molecule has 382 valence electrons. The summed E-state index contributed by atoms with van der Waals surface area (Å²) >= 11 is 0. The molecular formula is C57H100O9. The quantitative estimate of drug-likeness (QED) is 0.0267. The zero-order valence-corrected chi connectivity index (χ0v) is 42.2. The van der Waals surface area contributed by atoms with Gasteiger partial charge in [0.2, 0.25) is 0 Å². The molecule has 9 nitrogen and oxygen atoms in total. The number of hydrogen-bond acceptors (Lipinski definition) is 9. The predicted octanol–water partition coefficient (Wildman–Crippen LogP) is 13.6. The summed E-state index contributed by atoms with van der Waals surface area (Å²) in [6.07, 6.45) is 56.4. The SMILES string of the molecule is CCCCC/C=C\C/C=C\C/C=C\CCCCCCCCCOCC(COC1OC(CO)C(O)C(O)C1O)OC(=O)CCCCCCCCCC/C=C\C/C=C\C/C=C\CCCCCCC. The summed E-state index contributed by atoms with van der Waals surface area (Å²) in [4.78, 5) is 12.9. The molecule has 66 heavy (non-hydrogen) atoms. The maximum Gasteiger partial charge on any atom is 0.306 e. The molecule has 6 unspecified atom stereocenters. The molecule has 9 heteroatoms. The van der Waals surface area contributed by atoms with Gasteiger partial charge in [0.1, 0.15) is 30.5 Å². The summed E-state index contributed by atoms with van der Waals surface area (Å²) in [5.74, 6) is -0.325. The number of allylic oxidation sites excluding steroid dienone is 12. The molecule has 0 amide bonds. The summed E-state index contributed by atoms with van der Waals surface area (Å²) in [7, 11) is 0. The van der Waals surface area contributed by atoms with Crippen LogP contribution in [-0.4, -0.2) is 89.6 Å². The fourth-order valence-corrected chi connectivity index (χ4v) is 7.86. The van der Waals surface area contributed by atoms with Crippen molar-refractivity contribution >= 4 is 5.97 Å². The van der Waals surface area contributed by atoms with Gasteiger partial charge in [-0.2, -0.15) is 0 Å². The van der Waals surface area contributed by atoms with Crippen molar-refractivity contribution in [1.82, 2.24) is 0 Å². The monoisotopic (exact) mass is 929 g/mol. The summed E-state index contributed by atoms with van der Waals surface area (Å²) in [6, 6.07) is 0. The number of aliphatic hydroxyl groups excluding tert-OH is 4. The molecule has 0 aromatic carbocycles. The van der Waals surface area contributed by atoms with Gasteiger partial charge in [-0.15, -0.1) is 0 Å². The van der Waals surface area contributed by atoms with Crippen LogP contribution >= 0.6 is 0 Å². The van der Waals surface area contributed by atoms with E-state index < -0.39 is 43.4 Å². The molecule has 1 rings (SSSR count). The Morgan fingerprint density at radius 3 is 1.35 bits per heavy atom. The number of hydrogen-bond donors (Lipinski definition) is 4. The minimum absolute atomic E-state index is 0.124. The smallest absolute Gasteiger partial charge is 0.306 e. The standard InChI is InChI=1S/C57H100O9/c1-3-5-7-9-11-13-15-17-19-21-23-25-26-27-28-30-32-34-36-38-40-42-44-46-53(59)65-51(50-64-57-56(62)55(61)54(60)52(48-58)66-57)49-63-47-45-43-41-39-37-35-33-31-29-24-22-20-18-16-14-12-10-8-6-4-2/h12,14-15,17-18,20-21,23-24,26-27,29,51-52,54-58,60-62H,3-11,13,16,19,22,25,28,30-50H2,1-2H3/b14-12-,17-15-,20-18-,23-21-,27-26-,29-24-. The van der Waals surface area contributed by atoms with Crippen LogP contribution in [0.3, 0.4) is 0 Å². The maximum atomic E-state index is 12.9. The van der Waals surface area contributed by atoms with E-state index in [0.717, 1.165) is 77.0 Å². The number of rotatable bonds is 46. The van der Waals surface area contributed by atoms with Crippen molar-refractivity contribution in [3.8, 4) is 0 Å². The highest BCUT2D eigenvalue weighted by Crippen LogP contribution is 2.23. The van der Waals surface area contributed by atoms with Gasteiger partial charge in [0, 0.05) is 13.0 Å². The Morgan fingerprint density at radius 2 is 0.879 bits per heavy atom. The van der Waals surface area contributed by atoms with Gasteiger partial charge in [-0.3, -0.25) is 4.79 Å². The Balaban J connectivity index is 2.21. The predicted molar refractivity (Wildman–Crippen MR) is 274 cm³/mol. The molecule has 1 aliphatic rings. The van der Waals surface area contributed by atoms with E-state index in [4.69, 9.17) is 18.9 Å². The highest BCUT2D eigenvalue weighted by molar-refractivity contribution is 5.69. The van der Waals surface area contributed by atoms with E-state index in [1.54, 1.807) is 0 Å². The topological polar surface area (TPSA) is 135 Å². The van der Waals surface area contributed by atoms with Crippen LogP contribution in [0.4, 0.5) is 0 Å². The van der Waals surface area contributed by atoms with E-state index in [2.05, 4.69) is 86.8 Å². The Morgan fingerprint density at radius 1 is 0.485 bits per heavy atom. The van der Waals surface area contributed by atoms with E-state index in [1.807, 2.05) is 0 Å². The van der Waals surface area contributed by atoms with Crippen molar-refractivity contribution in [3.05, 3.63) is 72.9 Å². The van der Waals surface area contributed by atoms with Crippen molar-refractivity contribution in [2.45, 2.75) is 256 Å². The summed E-state index contributed by atoms with van der Waals surface area (Å²) in [5.41, 5.74) is 0. The molecule has 0 aromatic heterocycles. The third-order valence-corrected chi connectivity index (χ3v) is 12.1. The summed E-state index contributed by atoms with van der Waals surface area (Å²) in [5, 5.41) is 40.3. The van der Waals surface area contributed by atoms with Gasteiger partial charge in [-0.1, -0.05) is 196 Å². The average molecular weight is 929 g/mol. The van der Waals surface area contributed by atoms with E-state index in [9.17, 15) is 25.2 Å². The summed E-state index contributed by atoms with van der Waals surface area (Å²) < 4.78 is 22.9. The number of carbonyl (C=O) groups is 1. The molecule has 1 fully saturated rings. The van der Waals surface area contributed by atoms with Crippen molar-refractivity contribution < 1.29 is 44.2 Å². The highest BCUT2D eigenvalue weighted by atomic mass is 16.7. The number of esters is 1. The molecule has 0 aromatic rings. The summed E-state index contributed by atoms with van der Waals surface area (Å²) in [6.45, 7) is 4.50. The number of ether oxygens (including phenoxy) is 4. The maximum absolute atomic E-state index is 12.9. The molecule has 1 heterocycles. The highest BCUT2D eigenvalue weighted by Gasteiger charge is 2.44. The lowest BCUT2D eigenvalue weighted by atomic mass is 9.99. The molecular weight excluding hydrogens is 829 g/mol. The van der Waals surface area contributed by atoms with Crippen LogP contribution < -0.4 is 0 Å². The molecule has 4 N–H and O–H groups in total. The Kier molecular flexibility index (Phi) is 44.5. The first-order chi connectivity index (χ1) is 32.4. The van der Waals surface area contributed by atoms with Crippen molar-refractivity contribution in [2.75, 3.05) is 26.4 Å². The zero-order valence-electron chi connectivity index (χ0n) is 42.2. The normalized spacial score (nSPS) is 19.9. The third kappa shape index (κ3) is 37.6. The second-order valence-electron chi connectivity index (χ2n) is 18.3. The zero-order chi connectivity index (χ0) is 47.8. The number of carbonyl (C=O) groups excluding carboxylic acids is 1. The van der Waals surface area contributed by atoms with Crippen LogP contribution in [0.1, 0.15) is 219 Å². The average Bonchev–Trinajstić information content (AvgIpc) is 3.32. The van der Waals surface area contributed by atoms with E-state index in [-0.39, 0.29) is 19.2 Å². The first-order valence-electron chi connectivity index (χ1n) is 27.0. The van der Waals surface area contributed by atoms with Gasteiger partial charge in [0.25, 0.3) is 0 Å². The Bertz CT molecular complexity index is 1240. The second kappa shape index (κ2) is 47.7. The Hall–Kier alpha value is -2.37. The fourth-order valence-electron chi connectivity index (χ4n) is 7.86. The van der Waals surface area contributed by atoms with Crippen LogP contribution in [-0.2, 0) is 23.7 Å². The minimum atomic E-state index is -1.54. The molecule has 1 saturated heterocycles. The molecule has 0 spiro atoms. The van der Waals surface area contributed by atoms with E-state index in [0.29, 0.717) is 13.0 Å². The van der Waals surface area contributed by atoms with Gasteiger partial charge in [-0.25, -0.2) is 0 Å². The lowest BCUT2D eigenvalue weighted by molar-refractivity contribution is -0.305. The van der Waals surface area contributed by atoms with Crippen LogP contribution in [0.25, 0.3) is 0 Å². The van der Waals surface area contributed by atoms with Gasteiger partial charge in [0.15, 0.2) is 6.29 Å². The lowest BCUT2D eigenvalue weighted by Gasteiger charge is -2.39. The van der Waals surface area contributed by atoms with Gasteiger partial charge >= 0.3 is 5.97 Å². The molecule has 0 saturated carbocycles. The lowest BCUT2D eigenvalue weighted by Crippen LogP contribution is -2.59. The molecule has 0 aliphatic carbocycles. The molecule has 1 aliphatic heterocycles. The first kappa shape index (κ1) is 61.6. The van der Waals surface area contributed by atoms with Crippen molar-refractivity contribution in [3.63, 3.8) is 0 Å². The van der Waals surface area contributed by atoms with E-state index >= 15 is 0 Å². The van der Waals surface area contributed by atoms with Gasteiger partial charge in [0.05, 0.1) is 19.8 Å². The van der Waals surface area contributed by atoms with Crippen LogP contribution in [0, 0.1) is 0 Å².